The van der Waals surface area contributed by atoms with Gasteiger partial charge < -0.3 is 9.47 Å². The Bertz CT molecular complexity index is 653. The van der Waals surface area contributed by atoms with Crippen LogP contribution in [0.1, 0.15) is 42.7 Å². The third-order valence-electron chi connectivity index (χ3n) is 4.22. The summed E-state index contributed by atoms with van der Waals surface area (Å²) in [6.45, 7) is 8.73. The van der Waals surface area contributed by atoms with Crippen molar-refractivity contribution in [2.24, 2.45) is 0 Å². The molecular weight excluding hydrogens is 314 g/mol. The standard InChI is InChI=1S/C21H27NO3/c1-4-22(5-2)19(17-12-8-7-9-13-17)16-25-21(23)18-14-10-11-15-20(18)24-6-3/h7-15,19H,4-6,16H2,1-3H3. The van der Waals surface area contributed by atoms with Crippen molar-refractivity contribution < 1.29 is 14.3 Å². The molecule has 4 heteroatoms. The zero-order valence-corrected chi connectivity index (χ0v) is 15.3. The van der Waals surface area contributed by atoms with E-state index in [2.05, 4.69) is 30.9 Å². The molecule has 0 radical (unpaired) electrons. The SMILES string of the molecule is CCOc1ccccc1C(=O)OCC(c1ccccc1)N(CC)CC. The molecule has 4 nitrogen and oxygen atoms in total. The number of carbonyl (C=O) groups excluding carboxylic acids is 1. The molecule has 1 atom stereocenters. The first kappa shape index (κ1) is 19.0. The topological polar surface area (TPSA) is 38.8 Å². The lowest BCUT2D eigenvalue weighted by Crippen LogP contribution is -2.32. The van der Waals surface area contributed by atoms with Gasteiger partial charge in [0.15, 0.2) is 0 Å². The normalized spacial score (nSPS) is 12.0. The number of likely N-dealkylation sites (N-methyl/N-ethyl adjacent to an activating group) is 1. The Balaban J connectivity index is 2.14. The maximum absolute atomic E-state index is 12.6. The Morgan fingerprint density at radius 1 is 0.960 bits per heavy atom. The molecule has 0 aliphatic rings. The summed E-state index contributed by atoms with van der Waals surface area (Å²) in [5, 5.41) is 0. The molecule has 0 aliphatic carbocycles. The highest BCUT2D eigenvalue weighted by Crippen LogP contribution is 2.23. The Morgan fingerprint density at radius 2 is 1.60 bits per heavy atom. The Morgan fingerprint density at radius 3 is 2.24 bits per heavy atom. The minimum atomic E-state index is -0.350. The smallest absolute Gasteiger partial charge is 0.341 e. The monoisotopic (exact) mass is 341 g/mol. The maximum Gasteiger partial charge on any atom is 0.341 e. The Hall–Kier alpha value is -2.33. The number of hydrogen-bond donors (Lipinski definition) is 0. The second-order valence-electron chi connectivity index (χ2n) is 5.68. The van der Waals surface area contributed by atoms with E-state index in [1.54, 1.807) is 12.1 Å². The summed E-state index contributed by atoms with van der Waals surface area (Å²) in [6, 6.07) is 17.4. The lowest BCUT2D eigenvalue weighted by atomic mass is 10.1. The van der Waals surface area contributed by atoms with E-state index < -0.39 is 0 Å². The average molecular weight is 341 g/mol. The minimum Gasteiger partial charge on any atom is -0.493 e. The van der Waals surface area contributed by atoms with Crippen molar-refractivity contribution in [2.45, 2.75) is 26.8 Å². The molecule has 0 spiro atoms. The van der Waals surface area contributed by atoms with Crippen LogP contribution in [0.25, 0.3) is 0 Å². The summed E-state index contributed by atoms with van der Waals surface area (Å²) in [4.78, 5) is 14.8. The van der Waals surface area contributed by atoms with E-state index in [1.165, 1.54) is 0 Å². The zero-order valence-electron chi connectivity index (χ0n) is 15.3. The van der Waals surface area contributed by atoms with Crippen LogP contribution in [-0.2, 0) is 4.74 Å². The molecule has 2 aromatic rings. The molecule has 1 unspecified atom stereocenters. The van der Waals surface area contributed by atoms with Crippen LogP contribution in [0.4, 0.5) is 0 Å². The van der Waals surface area contributed by atoms with Gasteiger partial charge in [0, 0.05) is 0 Å². The number of hydrogen-bond acceptors (Lipinski definition) is 4. The van der Waals surface area contributed by atoms with Crippen LogP contribution >= 0.6 is 0 Å². The van der Waals surface area contributed by atoms with E-state index in [0.29, 0.717) is 24.5 Å². The van der Waals surface area contributed by atoms with Crippen LogP contribution in [-0.4, -0.2) is 37.2 Å². The highest BCUT2D eigenvalue weighted by molar-refractivity contribution is 5.92. The van der Waals surface area contributed by atoms with Crippen molar-refractivity contribution >= 4 is 5.97 Å². The second kappa shape index (κ2) is 9.84. The van der Waals surface area contributed by atoms with Crippen molar-refractivity contribution in [1.82, 2.24) is 4.90 Å². The van der Waals surface area contributed by atoms with Gasteiger partial charge in [-0.15, -0.1) is 0 Å². The largest absolute Gasteiger partial charge is 0.493 e. The fourth-order valence-corrected chi connectivity index (χ4v) is 2.90. The van der Waals surface area contributed by atoms with Crippen LogP contribution in [0.3, 0.4) is 0 Å². The van der Waals surface area contributed by atoms with Gasteiger partial charge in [-0.1, -0.05) is 56.3 Å². The Labute approximate surface area is 150 Å². The maximum atomic E-state index is 12.6. The van der Waals surface area contributed by atoms with Crippen molar-refractivity contribution in [1.29, 1.82) is 0 Å². The van der Waals surface area contributed by atoms with Gasteiger partial charge in [-0.25, -0.2) is 4.79 Å². The summed E-state index contributed by atoms with van der Waals surface area (Å²) in [7, 11) is 0. The fourth-order valence-electron chi connectivity index (χ4n) is 2.90. The van der Waals surface area contributed by atoms with Crippen molar-refractivity contribution in [3.8, 4) is 5.75 Å². The van der Waals surface area contributed by atoms with Crippen LogP contribution in [0.15, 0.2) is 54.6 Å². The van der Waals surface area contributed by atoms with Gasteiger partial charge in [0.05, 0.1) is 12.6 Å². The van der Waals surface area contributed by atoms with Gasteiger partial charge >= 0.3 is 5.97 Å². The van der Waals surface area contributed by atoms with Gasteiger partial charge in [0.2, 0.25) is 0 Å². The average Bonchev–Trinajstić information content (AvgIpc) is 2.66. The molecule has 0 aliphatic heterocycles. The first-order valence-electron chi connectivity index (χ1n) is 8.89. The summed E-state index contributed by atoms with van der Waals surface area (Å²) in [6.07, 6.45) is 0. The van der Waals surface area contributed by atoms with Crippen molar-refractivity contribution in [3.05, 3.63) is 65.7 Å². The summed E-state index contributed by atoms with van der Waals surface area (Å²) >= 11 is 0. The van der Waals surface area contributed by atoms with Gasteiger partial charge in [-0.2, -0.15) is 0 Å². The van der Waals surface area contributed by atoms with Crippen LogP contribution < -0.4 is 4.74 Å². The van der Waals surface area contributed by atoms with E-state index in [4.69, 9.17) is 9.47 Å². The molecule has 0 saturated heterocycles. The highest BCUT2D eigenvalue weighted by Gasteiger charge is 2.21. The molecule has 2 aromatic carbocycles. The molecule has 0 aromatic heterocycles. The number of ether oxygens (including phenoxy) is 2. The number of benzene rings is 2. The number of para-hydroxylation sites is 1. The predicted octanol–water partition coefficient (Wildman–Crippen LogP) is 4.33. The van der Waals surface area contributed by atoms with E-state index in [-0.39, 0.29) is 12.0 Å². The van der Waals surface area contributed by atoms with Gasteiger partial charge in [-0.3, -0.25) is 4.90 Å². The molecule has 0 saturated carbocycles. The first-order valence-corrected chi connectivity index (χ1v) is 8.89. The number of rotatable bonds is 9. The first-order chi connectivity index (χ1) is 12.2. The summed E-state index contributed by atoms with van der Waals surface area (Å²) in [5.74, 6) is 0.214. The van der Waals surface area contributed by atoms with Crippen LogP contribution in [0.2, 0.25) is 0 Å². The lowest BCUT2D eigenvalue weighted by molar-refractivity contribution is 0.0354. The molecule has 0 heterocycles. The van der Waals surface area contributed by atoms with Crippen molar-refractivity contribution in [3.63, 3.8) is 0 Å². The third-order valence-corrected chi connectivity index (χ3v) is 4.22. The molecule has 2 rings (SSSR count). The lowest BCUT2D eigenvalue weighted by Gasteiger charge is -2.29. The van der Waals surface area contributed by atoms with Crippen LogP contribution in [0, 0.1) is 0 Å². The zero-order chi connectivity index (χ0) is 18.1. The quantitative estimate of drug-likeness (QED) is 0.637. The predicted molar refractivity (Wildman–Crippen MR) is 100.0 cm³/mol. The number of carbonyl (C=O) groups is 1. The van der Waals surface area contributed by atoms with E-state index in [0.717, 1.165) is 18.7 Å². The van der Waals surface area contributed by atoms with Crippen LogP contribution in [0.5, 0.6) is 5.75 Å². The van der Waals surface area contributed by atoms with Gasteiger partial charge in [0.1, 0.15) is 17.9 Å². The van der Waals surface area contributed by atoms with Gasteiger partial charge in [0.25, 0.3) is 0 Å². The second-order valence-corrected chi connectivity index (χ2v) is 5.68. The molecule has 134 valence electrons. The molecule has 0 N–H and O–H groups in total. The fraction of sp³-hybridized carbons (Fsp3) is 0.381. The molecular formula is C21H27NO3. The highest BCUT2D eigenvalue weighted by atomic mass is 16.5. The van der Waals surface area contributed by atoms with Crippen molar-refractivity contribution in [2.75, 3.05) is 26.3 Å². The number of esters is 1. The minimum absolute atomic E-state index is 0.0411. The van der Waals surface area contributed by atoms with E-state index >= 15 is 0 Å². The van der Waals surface area contributed by atoms with Gasteiger partial charge in [-0.05, 0) is 37.7 Å². The van der Waals surface area contributed by atoms with E-state index in [9.17, 15) is 4.79 Å². The molecule has 25 heavy (non-hydrogen) atoms. The molecule has 0 amide bonds. The number of nitrogens with zero attached hydrogens (tertiary/aromatic N) is 1. The summed E-state index contributed by atoms with van der Waals surface area (Å²) < 4.78 is 11.2. The molecule has 0 fully saturated rings. The van der Waals surface area contributed by atoms with E-state index in [1.807, 2.05) is 37.3 Å². The summed E-state index contributed by atoms with van der Waals surface area (Å²) in [5.41, 5.74) is 1.62. The molecule has 0 bridgehead atoms. The third kappa shape index (κ3) is 5.07. The Kier molecular flexibility index (Phi) is 7.48.